The van der Waals surface area contributed by atoms with Crippen molar-refractivity contribution in [2.45, 2.75) is 247 Å². The minimum atomic E-state index is 0.132. The van der Waals surface area contributed by atoms with Crippen molar-refractivity contribution in [2.75, 3.05) is 0 Å². The number of carbonyl (C=O) groups is 10. The SMILES string of the molecule is CC(C)C(C)C=O.CC(C=O)CC1=Cc2ccccc2C1.CC(C=O)Cc1ccccc1.CCC(C)C(C)C=O.CCC(C)C=O.CCCC(C)C=O.CCCCC(C)C=O.CCCCC=O.CCCCCCC=O.Cc1ccc(CC(C)C=O)cc1. The van der Waals surface area contributed by atoms with E-state index in [1.807, 2.05) is 106 Å². The number of carbonyl (C=O) groups excluding carboxylic acids is 10. The Labute approximate surface area is 532 Å². The Hall–Kier alpha value is -5.90. The lowest BCUT2D eigenvalue weighted by atomic mass is 9.95. The lowest BCUT2D eigenvalue weighted by molar-refractivity contribution is -0.112. The number of allylic oxidation sites excluding steroid dienone is 1. The monoisotopic (exact) mass is 1210 g/mol. The standard InChI is InChI=1S/C13H14O.C11H14O.C10H12O.3C7H14O.2C6H12O.2C5H10O/c1-10(9-14)6-11-7-12-4-2-3-5-13(12)8-11;1-9-3-5-11(6-4-9)7-10(2)8-12;1-9(8-11)7-10-5-3-2-4-6-10;1-4-6(2)7(3)5-8;1-3-4-5-7(2)6-8;1-2-3-4-5-6-7-8;1-5(2)6(3)4-7;1-3-4-6(2)5-7;1-3-5(2)4-6;1-2-3-4-5-6/h2-5,7,9-10H,6,8H2,1H3;3-6,8,10H,7H2,1-2H3;2-6,8-9H,7H2,1H3;5-7H,4H2,1-3H3;6-7H,3-5H2,1-2H3;7H,2-6H2,1H3;4-6H,1-3H3;5-6H,3-4H2,1-2H3;4-5H,3H2,1-2H3;5H,2-4H2,1H3. The number of aryl methyl sites for hydroxylation is 1. The van der Waals surface area contributed by atoms with Crippen LogP contribution in [-0.2, 0) is 67.2 Å². The highest BCUT2D eigenvalue weighted by atomic mass is 16.1. The summed E-state index contributed by atoms with van der Waals surface area (Å²) < 4.78 is 0. The topological polar surface area (TPSA) is 171 Å². The van der Waals surface area contributed by atoms with E-state index in [0.29, 0.717) is 11.8 Å². The van der Waals surface area contributed by atoms with Gasteiger partial charge >= 0.3 is 0 Å². The fourth-order valence-electron chi connectivity index (χ4n) is 6.94. The Morgan fingerprint density at radius 3 is 1.16 bits per heavy atom. The summed E-state index contributed by atoms with van der Waals surface area (Å²) in [5, 5.41) is 0. The van der Waals surface area contributed by atoms with Gasteiger partial charge in [-0.1, -0.05) is 265 Å². The predicted molar refractivity (Wildman–Crippen MR) is 369 cm³/mol. The fourth-order valence-corrected chi connectivity index (χ4v) is 6.94. The Morgan fingerprint density at radius 2 is 0.816 bits per heavy atom. The number of unbranched alkanes of at least 4 members (excludes halogenated alkanes) is 7. The van der Waals surface area contributed by atoms with Gasteiger partial charge in [-0.05, 0) is 98.8 Å². The number of hydrogen-bond acceptors (Lipinski definition) is 10. The van der Waals surface area contributed by atoms with E-state index in [2.05, 4.69) is 103 Å². The molecular weight excluding hydrogens is 1080 g/mol. The second-order valence-corrected chi connectivity index (χ2v) is 23.7. The molecule has 9 unspecified atom stereocenters. The molecule has 87 heavy (non-hydrogen) atoms. The number of benzene rings is 3. The fraction of sp³-hybridized carbons (Fsp3) is 0.610. The van der Waals surface area contributed by atoms with Crippen LogP contribution in [-0.4, -0.2) is 62.9 Å². The van der Waals surface area contributed by atoms with Gasteiger partial charge in [0.25, 0.3) is 0 Å². The Kier molecular flexibility index (Phi) is 73.4. The van der Waals surface area contributed by atoms with Crippen molar-refractivity contribution in [3.05, 3.63) is 112 Å². The molecule has 0 bridgehead atoms. The molecule has 494 valence electrons. The highest BCUT2D eigenvalue weighted by molar-refractivity contribution is 5.65. The molecule has 0 heterocycles. The van der Waals surface area contributed by atoms with Crippen molar-refractivity contribution in [1.29, 1.82) is 0 Å². The molecule has 9 atom stereocenters. The number of fused-ring (bicyclic) bond motifs is 1. The van der Waals surface area contributed by atoms with Gasteiger partial charge in [0.15, 0.2) is 0 Å². The van der Waals surface area contributed by atoms with Crippen LogP contribution in [0.3, 0.4) is 0 Å². The maximum Gasteiger partial charge on any atom is 0.123 e. The molecule has 3 aromatic carbocycles. The lowest BCUT2D eigenvalue weighted by Crippen LogP contribution is -2.06. The third kappa shape index (κ3) is 65.9. The van der Waals surface area contributed by atoms with Crippen molar-refractivity contribution in [3.8, 4) is 0 Å². The maximum absolute atomic E-state index is 10.5. The van der Waals surface area contributed by atoms with Crippen LogP contribution in [0.1, 0.15) is 248 Å². The van der Waals surface area contributed by atoms with Gasteiger partial charge in [0.1, 0.15) is 62.9 Å². The molecule has 1 aliphatic carbocycles. The Balaban J connectivity index is -0.000000213. The van der Waals surface area contributed by atoms with E-state index in [0.717, 1.165) is 153 Å². The smallest absolute Gasteiger partial charge is 0.123 e. The zero-order valence-electron chi connectivity index (χ0n) is 58.1. The van der Waals surface area contributed by atoms with Crippen LogP contribution in [0.25, 0.3) is 6.08 Å². The van der Waals surface area contributed by atoms with Crippen LogP contribution < -0.4 is 0 Å². The van der Waals surface area contributed by atoms with E-state index < -0.39 is 0 Å². The maximum atomic E-state index is 10.5. The van der Waals surface area contributed by atoms with Gasteiger partial charge in [0.05, 0.1) is 0 Å². The first-order valence-corrected chi connectivity index (χ1v) is 32.9. The van der Waals surface area contributed by atoms with E-state index in [4.69, 9.17) is 0 Å². The van der Waals surface area contributed by atoms with Crippen LogP contribution in [0.2, 0.25) is 0 Å². The molecule has 0 aliphatic heterocycles. The second kappa shape index (κ2) is 69.2. The van der Waals surface area contributed by atoms with Crippen molar-refractivity contribution in [2.24, 2.45) is 59.2 Å². The van der Waals surface area contributed by atoms with Crippen molar-refractivity contribution < 1.29 is 47.9 Å². The molecule has 0 saturated heterocycles. The summed E-state index contributed by atoms with van der Waals surface area (Å²) in [6.07, 6.45) is 31.9. The Morgan fingerprint density at radius 1 is 0.379 bits per heavy atom. The van der Waals surface area contributed by atoms with Gasteiger partial charge in [-0.25, -0.2) is 0 Å². The average Bonchev–Trinajstić information content (AvgIpc) is 3.86. The van der Waals surface area contributed by atoms with Crippen molar-refractivity contribution >= 4 is 68.9 Å². The molecule has 0 N–H and O–H groups in total. The molecule has 0 fully saturated rings. The Bertz CT molecular complexity index is 2090. The van der Waals surface area contributed by atoms with Crippen LogP contribution in [0, 0.1) is 66.1 Å². The van der Waals surface area contributed by atoms with Gasteiger partial charge in [0, 0.05) is 60.2 Å². The zero-order valence-corrected chi connectivity index (χ0v) is 58.1. The minimum Gasteiger partial charge on any atom is -0.303 e. The zero-order chi connectivity index (χ0) is 67.6. The first kappa shape index (κ1) is 92.3. The van der Waals surface area contributed by atoms with Crippen LogP contribution in [0.15, 0.2) is 84.4 Å². The molecule has 4 rings (SSSR count). The number of rotatable bonds is 31. The van der Waals surface area contributed by atoms with Crippen LogP contribution >= 0.6 is 0 Å². The minimum absolute atomic E-state index is 0.132. The molecule has 10 heteroatoms. The summed E-state index contributed by atoms with van der Waals surface area (Å²) in [5.41, 5.74) is 7.82. The summed E-state index contributed by atoms with van der Waals surface area (Å²) in [7, 11) is 0. The van der Waals surface area contributed by atoms with Gasteiger partial charge in [-0.3, -0.25) is 0 Å². The average molecular weight is 1210 g/mol. The van der Waals surface area contributed by atoms with E-state index in [9.17, 15) is 47.9 Å². The summed E-state index contributed by atoms with van der Waals surface area (Å²) >= 11 is 0. The van der Waals surface area contributed by atoms with Crippen molar-refractivity contribution in [1.82, 2.24) is 0 Å². The largest absolute Gasteiger partial charge is 0.303 e. The van der Waals surface area contributed by atoms with Crippen LogP contribution in [0.4, 0.5) is 0 Å². The molecule has 0 amide bonds. The third-order valence-corrected chi connectivity index (χ3v) is 14.2. The lowest BCUT2D eigenvalue weighted by Gasteiger charge is -2.09. The van der Waals surface area contributed by atoms with Crippen molar-refractivity contribution in [3.63, 3.8) is 0 Å². The first-order chi connectivity index (χ1) is 41.5. The van der Waals surface area contributed by atoms with Gasteiger partial charge in [-0.2, -0.15) is 0 Å². The highest BCUT2D eigenvalue weighted by Crippen LogP contribution is 2.28. The summed E-state index contributed by atoms with van der Waals surface area (Å²) in [6, 6.07) is 26.8. The van der Waals surface area contributed by atoms with E-state index in [1.54, 1.807) is 0 Å². The highest BCUT2D eigenvalue weighted by Gasteiger charge is 2.14. The first-order valence-electron chi connectivity index (χ1n) is 32.9. The van der Waals surface area contributed by atoms with E-state index in [-0.39, 0.29) is 47.3 Å². The molecule has 0 radical (unpaired) electrons. The third-order valence-electron chi connectivity index (χ3n) is 14.2. The molecule has 3 aromatic rings. The summed E-state index contributed by atoms with van der Waals surface area (Å²) in [6.45, 7) is 36.3. The molecule has 0 spiro atoms. The van der Waals surface area contributed by atoms with Crippen LogP contribution in [0.5, 0.6) is 0 Å². The molecule has 0 aromatic heterocycles. The number of hydrogen-bond donors (Lipinski definition) is 0. The predicted octanol–water partition coefficient (Wildman–Crippen LogP) is 19.0. The normalized spacial score (nSPS) is 13.3. The molecular formula is C77H126O10. The molecule has 0 saturated carbocycles. The molecule has 10 nitrogen and oxygen atoms in total. The van der Waals surface area contributed by atoms with E-state index >= 15 is 0 Å². The second-order valence-electron chi connectivity index (χ2n) is 23.7. The van der Waals surface area contributed by atoms with E-state index in [1.165, 1.54) is 65.5 Å². The quantitative estimate of drug-likeness (QED) is 0.0446. The van der Waals surface area contributed by atoms with Gasteiger partial charge in [0.2, 0.25) is 0 Å². The van der Waals surface area contributed by atoms with Gasteiger partial charge < -0.3 is 47.9 Å². The van der Waals surface area contributed by atoms with Gasteiger partial charge in [-0.15, -0.1) is 0 Å². The summed E-state index contributed by atoms with van der Waals surface area (Å²) in [5.74, 6) is 2.72. The summed E-state index contributed by atoms with van der Waals surface area (Å²) in [4.78, 5) is 100. The molecule has 1 aliphatic rings. The number of aldehydes is 10.